The Morgan fingerprint density at radius 1 is 1.17 bits per heavy atom. The summed E-state index contributed by atoms with van der Waals surface area (Å²) < 4.78 is 18.8. The second kappa shape index (κ2) is 10.7. The monoisotopic (exact) mass is 435 g/mol. The lowest BCUT2D eigenvalue weighted by atomic mass is 10.2. The summed E-state index contributed by atoms with van der Waals surface area (Å²) in [6, 6.07) is 11.5. The number of aliphatic hydroxyl groups is 1. The summed E-state index contributed by atoms with van der Waals surface area (Å²) in [5.74, 6) is 0.192. The molecule has 2 aromatic rings. The average Bonchev–Trinajstić information content (AvgIpc) is 2.70. The Balaban J connectivity index is 1.37. The van der Waals surface area contributed by atoms with Crippen molar-refractivity contribution in [3.63, 3.8) is 0 Å². The number of carbonyl (C=O) groups is 1. The molecule has 3 rings (SSSR count). The molecule has 1 heterocycles. The molecule has 6 nitrogen and oxygen atoms in total. The number of hydrogen-bond acceptors (Lipinski definition) is 5. The summed E-state index contributed by atoms with van der Waals surface area (Å²) in [5.41, 5.74) is 1.62. The van der Waals surface area contributed by atoms with E-state index in [-0.39, 0.29) is 18.3 Å². The van der Waals surface area contributed by atoms with Gasteiger partial charge in [-0.3, -0.25) is 14.6 Å². The van der Waals surface area contributed by atoms with Crippen LogP contribution in [-0.2, 0) is 11.3 Å². The number of rotatable bonds is 8. The Labute approximate surface area is 181 Å². The molecule has 2 N–H and O–H groups in total. The Morgan fingerprint density at radius 3 is 2.47 bits per heavy atom. The summed E-state index contributed by atoms with van der Waals surface area (Å²) >= 11 is 6.12. The standard InChI is InChI=1S/C22H27ClFN3O3/c1-16(28)25-19-4-6-21(7-5-19)30-15-20(29)14-27-10-8-26(9-11-27)13-17-2-3-18(24)12-22(17)23/h2-7,12,20,29H,8-11,13-15H2,1H3,(H,25,28). The normalized spacial score (nSPS) is 16.3. The van der Waals surface area contributed by atoms with E-state index in [0.29, 0.717) is 29.5 Å². The van der Waals surface area contributed by atoms with Gasteiger partial charge in [-0.2, -0.15) is 0 Å². The van der Waals surface area contributed by atoms with E-state index in [4.69, 9.17) is 16.3 Å². The lowest BCUT2D eigenvalue weighted by Gasteiger charge is -2.35. The smallest absolute Gasteiger partial charge is 0.221 e. The zero-order chi connectivity index (χ0) is 21.5. The molecular formula is C22H27ClFN3O3. The predicted molar refractivity (Wildman–Crippen MR) is 115 cm³/mol. The van der Waals surface area contributed by atoms with Gasteiger partial charge in [0.2, 0.25) is 5.91 Å². The van der Waals surface area contributed by atoms with Crippen LogP contribution in [0.1, 0.15) is 12.5 Å². The van der Waals surface area contributed by atoms with Crippen molar-refractivity contribution in [3.05, 3.63) is 58.9 Å². The minimum atomic E-state index is -0.599. The Kier molecular flexibility index (Phi) is 8.04. The van der Waals surface area contributed by atoms with Gasteiger partial charge in [0, 0.05) is 56.9 Å². The number of anilines is 1. The summed E-state index contributed by atoms with van der Waals surface area (Å²) in [4.78, 5) is 15.5. The highest BCUT2D eigenvalue weighted by Gasteiger charge is 2.20. The molecule has 0 bridgehead atoms. The lowest BCUT2D eigenvalue weighted by molar-refractivity contribution is -0.114. The number of β-amino-alcohol motifs (C(OH)–C–C–N with tert-alkyl or cyclic N) is 1. The van der Waals surface area contributed by atoms with Crippen LogP contribution in [0.25, 0.3) is 0 Å². The molecule has 1 aliphatic rings. The first-order valence-electron chi connectivity index (χ1n) is 9.96. The first-order valence-corrected chi connectivity index (χ1v) is 10.3. The minimum Gasteiger partial charge on any atom is -0.491 e. The van der Waals surface area contributed by atoms with E-state index in [1.807, 2.05) is 0 Å². The number of halogens is 2. The van der Waals surface area contributed by atoms with Crippen LogP contribution in [0.2, 0.25) is 5.02 Å². The molecule has 162 valence electrons. The van der Waals surface area contributed by atoms with Crippen molar-refractivity contribution in [2.75, 3.05) is 44.6 Å². The number of amides is 1. The highest BCUT2D eigenvalue weighted by atomic mass is 35.5. The van der Waals surface area contributed by atoms with Crippen LogP contribution < -0.4 is 10.1 Å². The molecule has 0 spiro atoms. The highest BCUT2D eigenvalue weighted by Crippen LogP contribution is 2.20. The molecule has 1 amide bonds. The second-order valence-corrected chi connectivity index (χ2v) is 7.89. The van der Waals surface area contributed by atoms with Gasteiger partial charge in [0.1, 0.15) is 24.3 Å². The van der Waals surface area contributed by atoms with Gasteiger partial charge in [-0.1, -0.05) is 17.7 Å². The number of benzene rings is 2. The molecule has 1 saturated heterocycles. The third kappa shape index (κ3) is 6.95. The number of carbonyl (C=O) groups excluding carboxylic acids is 1. The van der Waals surface area contributed by atoms with E-state index >= 15 is 0 Å². The second-order valence-electron chi connectivity index (χ2n) is 7.48. The third-order valence-electron chi connectivity index (χ3n) is 4.96. The fourth-order valence-electron chi connectivity index (χ4n) is 3.40. The fourth-order valence-corrected chi connectivity index (χ4v) is 3.63. The van der Waals surface area contributed by atoms with Crippen molar-refractivity contribution in [3.8, 4) is 5.75 Å². The minimum absolute atomic E-state index is 0.125. The van der Waals surface area contributed by atoms with Gasteiger partial charge in [0.05, 0.1) is 0 Å². The fraction of sp³-hybridized carbons (Fsp3) is 0.409. The highest BCUT2D eigenvalue weighted by molar-refractivity contribution is 6.31. The van der Waals surface area contributed by atoms with Gasteiger partial charge in [0.25, 0.3) is 0 Å². The molecule has 2 aromatic carbocycles. The average molecular weight is 436 g/mol. The van der Waals surface area contributed by atoms with E-state index in [1.54, 1.807) is 30.3 Å². The van der Waals surface area contributed by atoms with Gasteiger partial charge in [0.15, 0.2) is 0 Å². The zero-order valence-electron chi connectivity index (χ0n) is 17.0. The van der Waals surface area contributed by atoms with Gasteiger partial charge < -0.3 is 15.2 Å². The van der Waals surface area contributed by atoms with Crippen LogP contribution in [-0.4, -0.2) is 66.2 Å². The Hall–Kier alpha value is -2.19. The molecule has 0 radical (unpaired) electrons. The van der Waals surface area contributed by atoms with Gasteiger partial charge >= 0.3 is 0 Å². The Bertz CT molecular complexity index is 842. The molecule has 1 fully saturated rings. The molecule has 1 unspecified atom stereocenters. The van der Waals surface area contributed by atoms with Crippen molar-refractivity contribution >= 4 is 23.2 Å². The van der Waals surface area contributed by atoms with Crippen molar-refractivity contribution in [2.45, 2.75) is 19.6 Å². The molecule has 0 saturated carbocycles. The maximum Gasteiger partial charge on any atom is 0.221 e. The molecule has 30 heavy (non-hydrogen) atoms. The summed E-state index contributed by atoms with van der Waals surface area (Å²) in [6.07, 6.45) is -0.599. The van der Waals surface area contributed by atoms with Gasteiger partial charge in [-0.05, 0) is 42.0 Å². The van der Waals surface area contributed by atoms with Crippen LogP contribution in [0.15, 0.2) is 42.5 Å². The zero-order valence-corrected chi connectivity index (χ0v) is 17.7. The summed E-state index contributed by atoms with van der Waals surface area (Å²) in [7, 11) is 0. The van der Waals surface area contributed by atoms with Crippen LogP contribution in [0.4, 0.5) is 10.1 Å². The van der Waals surface area contributed by atoms with E-state index in [2.05, 4.69) is 15.1 Å². The van der Waals surface area contributed by atoms with E-state index in [0.717, 1.165) is 31.7 Å². The van der Waals surface area contributed by atoms with Crippen molar-refractivity contribution < 1.29 is 19.0 Å². The summed E-state index contributed by atoms with van der Waals surface area (Å²) in [6.45, 7) is 6.26. The first-order chi connectivity index (χ1) is 14.4. The van der Waals surface area contributed by atoms with E-state index in [9.17, 15) is 14.3 Å². The molecular weight excluding hydrogens is 409 g/mol. The topological polar surface area (TPSA) is 65.0 Å². The molecule has 1 aliphatic heterocycles. The lowest BCUT2D eigenvalue weighted by Crippen LogP contribution is -2.48. The first kappa shape index (κ1) is 22.5. The van der Waals surface area contributed by atoms with E-state index in [1.165, 1.54) is 19.1 Å². The molecule has 0 aromatic heterocycles. The Morgan fingerprint density at radius 2 is 1.83 bits per heavy atom. The third-order valence-corrected chi connectivity index (χ3v) is 5.31. The van der Waals surface area contributed by atoms with Crippen molar-refractivity contribution in [1.82, 2.24) is 9.80 Å². The number of ether oxygens (including phenoxy) is 1. The van der Waals surface area contributed by atoms with Crippen LogP contribution >= 0.6 is 11.6 Å². The predicted octanol–water partition coefficient (Wildman–Crippen LogP) is 3.00. The molecule has 0 aliphatic carbocycles. The number of hydrogen-bond donors (Lipinski definition) is 2. The maximum absolute atomic E-state index is 13.2. The van der Waals surface area contributed by atoms with Crippen molar-refractivity contribution in [1.29, 1.82) is 0 Å². The number of nitrogens with zero attached hydrogens (tertiary/aromatic N) is 2. The van der Waals surface area contributed by atoms with Crippen LogP contribution in [0.3, 0.4) is 0 Å². The molecule has 8 heteroatoms. The summed E-state index contributed by atoms with van der Waals surface area (Å²) in [5, 5.41) is 13.5. The largest absolute Gasteiger partial charge is 0.491 e. The van der Waals surface area contributed by atoms with Gasteiger partial charge in [-0.15, -0.1) is 0 Å². The number of nitrogens with one attached hydrogen (secondary N) is 1. The number of piperazine rings is 1. The quantitative estimate of drug-likeness (QED) is 0.667. The van der Waals surface area contributed by atoms with E-state index < -0.39 is 6.10 Å². The maximum atomic E-state index is 13.2. The number of aliphatic hydroxyl groups excluding tert-OH is 1. The van der Waals surface area contributed by atoms with Gasteiger partial charge in [-0.25, -0.2) is 4.39 Å². The molecule has 1 atom stereocenters. The SMILES string of the molecule is CC(=O)Nc1ccc(OCC(O)CN2CCN(Cc3ccc(F)cc3Cl)CC2)cc1. The van der Waals surface area contributed by atoms with Crippen LogP contribution in [0, 0.1) is 5.82 Å². The van der Waals surface area contributed by atoms with Crippen molar-refractivity contribution in [2.24, 2.45) is 0 Å². The van der Waals surface area contributed by atoms with Crippen LogP contribution in [0.5, 0.6) is 5.75 Å².